The number of nitrogens with one attached hydrogen (secondary N) is 2. The van der Waals surface area contributed by atoms with E-state index >= 15 is 0 Å². The van der Waals surface area contributed by atoms with E-state index < -0.39 is 0 Å². The van der Waals surface area contributed by atoms with Crippen molar-refractivity contribution in [2.45, 2.75) is 33.7 Å². The second-order valence-corrected chi connectivity index (χ2v) is 5.03. The summed E-state index contributed by atoms with van der Waals surface area (Å²) in [5.74, 6) is 5.34. The fraction of sp³-hybridized carbons (Fsp3) is 0.533. The Balaban J connectivity index is 2.64. The number of hydrogen-bond acceptors (Lipinski definition) is 4. The van der Waals surface area contributed by atoms with Crippen molar-refractivity contribution in [3.05, 3.63) is 29.3 Å². The molecule has 1 atom stereocenters. The van der Waals surface area contributed by atoms with E-state index in [4.69, 9.17) is 5.84 Å². The maximum atomic E-state index is 12.2. The van der Waals surface area contributed by atoms with Crippen molar-refractivity contribution in [1.29, 1.82) is 0 Å². The Morgan fingerprint density at radius 1 is 1.35 bits per heavy atom. The molecule has 0 saturated carbocycles. The Morgan fingerprint density at radius 3 is 2.50 bits per heavy atom. The average molecular weight is 278 g/mol. The summed E-state index contributed by atoms with van der Waals surface area (Å²) in [5.41, 5.74) is 5.05. The molecule has 112 valence electrons. The van der Waals surface area contributed by atoms with Crippen molar-refractivity contribution in [2.24, 2.45) is 5.84 Å². The summed E-state index contributed by atoms with van der Waals surface area (Å²) < 4.78 is 0. The summed E-state index contributed by atoms with van der Waals surface area (Å²) in [5, 5.41) is 3.03. The van der Waals surface area contributed by atoms with E-state index in [2.05, 4.69) is 29.5 Å². The number of nitrogens with two attached hydrogens (primary N) is 1. The highest BCUT2D eigenvalue weighted by molar-refractivity contribution is 5.95. The van der Waals surface area contributed by atoms with Gasteiger partial charge in [0.1, 0.15) is 0 Å². The van der Waals surface area contributed by atoms with E-state index in [0.717, 1.165) is 30.9 Å². The summed E-state index contributed by atoms with van der Waals surface area (Å²) >= 11 is 0. The molecule has 0 bridgehead atoms. The van der Waals surface area contributed by atoms with Crippen molar-refractivity contribution >= 4 is 11.6 Å². The zero-order chi connectivity index (χ0) is 15.1. The van der Waals surface area contributed by atoms with E-state index in [1.165, 1.54) is 0 Å². The van der Waals surface area contributed by atoms with Crippen LogP contribution in [0.1, 0.15) is 36.7 Å². The Bertz CT molecular complexity index is 443. The van der Waals surface area contributed by atoms with Gasteiger partial charge in [0, 0.05) is 18.2 Å². The predicted molar refractivity (Wildman–Crippen MR) is 83.7 cm³/mol. The van der Waals surface area contributed by atoms with Crippen LogP contribution in [0.2, 0.25) is 0 Å². The summed E-state index contributed by atoms with van der Waals surface area (Å²) in [6.45, 7) is 11.0. The van der Waals surface area contributed by atoms with Gasteiger partial charge in [-0.05, 0) is 50.7 Å². The van der Waals surface area contributed by atoms with Crippen LogP contribution in [-0.2, 0) is 0 Å². The van der Waals surface area contributed by atoms with Crippen molar-refractivity contribution in [3.63, 3.8) is 0 Å². The van der Waals surface area contributed by atoms with Crippen LogP contribution in [0.4, 0.5) is 5.69 Å². The van der Waals surface area contributed by atoms with Crippen LogP contribution in [0.3, 0.4) is 0 Å². The fourth-order valence-electron chi connectivity index (χ4n) is 2.19. The van der Waals surface area contributed by atoms with E-state index in [1.807, 2.05) is 26.0 Å². The molecule has 0 radical (unpaired) electrons. The maximum Gasteiger partial charge on any atom is 0.251 e. The monoisotopic (exact) mass is 278 g/mol. The average Bonchev–Trinajstić information content (AvgIpc) is 2.44. The second kappa shape index (κ2) is 7.87. The SMILES string of the molecule is CCN(CC)CC(C)NC(=O)c1ccc(NN)c(C)c1. The minimum atomic E-state index is -0.0451. The van der Waals surface area contributed by atoms with Gasteiger partial charge in [-0.15, -0.1) is 0 Å². The lowest BCUT2D eigenvalue weighted by Gasteiger charge is -2.23. The standard InChI is InChI=1S/C15H26N4O/c1-5-19(6-2)10-12(4)17-15(20)13-7-8-14(18-16)11(3)9-13/h7-9,12,18H,5-6,10,16H2,1-4H3,(H,17,20). The lowest BCUT2D eigenvalue weighted by molar-refractivity contribution is 0.0930. The Hall–Kier alpha value is -1.59. The summed E-state index contributed by atoms with van der Waals surface area (Å²) in [6.07, 6.45) is 0. The van der Waals surface area contributed by atoms with Gasteiger partial charge in [0.2, 0.25) is 0 Å². The van der Waals surface area contributed by atoms with Gasteiger partial charge in [0.15, 0.2) is 0 Å². The minimum absolute atomic E-state index is 0.0451. The van der Waals surface area contributed by atoms with E-state index in [9.17, 15) is 4.79 Å². The number of carbonyl (C=O) groups is 1. The van der Waals surface area contributed by atoms with Crippen LogP contribution < -0.4 is 16.6 Å². The van der Waals surface area contributed by atoms with Crippen LogP contribution in [0, 0.1) is 6.92 Å². The lowest BCUT2D eigenvalue weighted by Crippen LogP contribution is -2.41. The molecule has 0 aliphatic carbocycles. The molecule has 0 saturated heterocycles. The number of aryl methyl sites for hydroxylation is 1. The molecule has 0 aliphatic rings. The number of anilines is 1. The summed E-state index contributed by atoms with van der Waals surface area (Å²) in [7, 11) is 0. The smallest absolute Gasteiger partial charge is 0.251 e. The van der Waals surface area contributed by atoms with Gasteiger partial charge >= 0.3 is 0 Å². The first-order valence-electron chi connectivity index (χ1n) is 7.12. The number of hydrazine groups is 1. The normalized spacial score (nSPS) is 12.3. The Kier molecular flexibility index (Phi) is 6.48. The third kappa shape index (κ3) is 4.51. The van der Waals surface area contributed by atoms with E-state index in [0.29, 0.717) is 5.56 Å². The van der Waals surface area contributed by atoms with Gasteiger partial charge in [-0.25, -0.2) is 0 Å². The summed E-state index contributed by atoms with van der Waals surface area (Å²) in [6, 6.07) is 5.56. The van der Waals surface area contributed by atoms with E-state index in [-0.39, 0.29) is 11.9 Å². The molecule has 1 unspecified atom stereocenters. The van der Waals surface area contributed by atoms with Crippen LogP contribution in [0.25, 0.3) is 0 Å². The highest BCUT2D eigenvalue weighted by atomic mass is 16.1. The zero-order valence-electron chi connectivity index (χ0n) is 12.9. The molecule has 0 aromatic heterocycles. The number of nitrogens with zero attached hydrogens (tertiary/aromatic N) is 1. The molecule has 1 aromatic rings. The predicted octanol–water partition coefficient (Wildman–Crippen LogP) is 1.74. The number of benzene rings is 1. The van der Waals surface area contributed by atoms with Crippen LogP contribution >= 0.6 is 0 Å². The topological polar surface area (TPSA) is 70.4 Å². The van der Waals surface area contributed by atoms with Crippen LogP contribution in [-0.4, -0.2) is 36.5 Å². The van der Waals surface area contributed by atoms with Gasteiger partial charge in [-0.2, -0.15) is 0 Å². The highest BCUT2D eigenvalue weighted by Crippen LogP contribution is 2.15. The molecular weight excluding hydrogens is 252 g/mol. The van der Waals surface area contributed by atoms with Gasteiger partial charge < -0.3 is 15.6 Å². The number of likely N-dealkylation sites (N-methyl/N-ethyl adjacent to an activating group) is 1. The first-order valence-corrected chi connectivity index (χ1v) is 7.12. The van der Waals surface area contributed by atoms with Crippen molar-refractivity contribution in [3.8, 4) is 0 Å². The number of hydrogen-bond donors (Lipinski definition) is 3. The molecule has 1 amide bonds. The third-order valence-electron chi connectivity index (χ3n) is 3.45. The molecule has 0 heterocycles. The molecule has 1 aromatic carbocycles. The van der Waals surface area contributed by atoms with Crippen LogP contribution in [0.5, 0.6) is 0 Å². The molecule has 5 heteroatoms. The van der Waals surface area contributed by atoms with Crippen LogP contribution in [0.15, 0.2) is 18.2 Å². The number of nitrogen functional groups attached to an aromatic ring is 1. The maximum absolute atomic E-state index is 12.2. The Labute approximate surface area is 121 Å². The summed E-state index contributed by atoms with van der Waals surface area (Å²) in [4.78, 5) is 14.5. The molecule has 0 aliphatic heterocycles. The lowest BCUT2D eigenvalue weighted by atomic mass is 10.1. The molecular formula is C15H26N4O. The highest BCUT2D eigenvalue weighted by Gasteiger charge is 2.12. The van der Waals surface area contributed by atoms with Crippen molar-refractivity contribution < 1.29 is 4.79 Å². The largest absolute Gasteiger partial charge is 0.348 e. The fourth-order valence-corrected chi connectivity index (χ4v) is 2.19. The minimum Gasteiger partial charge on any atom is -0.348 e. The van der Waals surface area contributed by atoms with Crippen molar-refractivity contribution in [2.75, 3.05) is 25.1 Å². The number of carbonyl (C=O) groups excluding carboxylic acids is 1. The van der Waals surface area contributed by atoms with Gasteiger partial charge in [0.05, 0.1) is 5.69 Å². The third-order valence-corrected chi connectivity index (χ3v) is 3.45. The molecule has 5 nitrogen and oxygen atoms in total. The quantitative estimate of drug-likeness (QED) is 0.525. The molecule has 0 fully saturated rings. The molecule has 0 spiro atoms. The first kappa shape index (κ1) is 16.5. The molecule has 20 heavy (non-hydrogen) atoms. The van der Waals surface area contributed by atoms with Crippen molar-refractivity contribution in [1.82, 2.24) is 10.2 Å². The first-order chi connectivity index (χ1) is 9.51. The number of amides is 1. The van der Waals surface area contributed by atoms with Gasteiger partial charge in [0.25, 0.3) is 5.91 Å². The molecule has 4 N–H and O–H groups in total. The second-order valence-electron chi connectivity index (χ2n) is 5.03. The van der Waals surface area contributed by atoms with Gasteiger partial charge in [-0.1, -0.05) is 13.8 Å². The van der Waals surface area contributed by atoms with E-state index in [1.54, 1.807) is 6.07 Å². The van der Waals surface area contributed by atoms with Gasteiger partial charge in [-0.3, -0.25) is 10.6 Å². The Morgan fingerprint density at radius 2 is 2.00 bits per heavy atom. The number of rotatable bonds is 7. The zero-order valence-corrected chi connectivity index (χ0v) is 12.9. The molecule has 1 rings (SSSR count).